The maximum Gasteiger partial charge on any atom is 0.518 e. The van der Waals surface area contributed by atoms with Crippen molar-refractivity contribution in [3.63, 3.8) is 0 Å². The third-order valence-electron chi connectivity index (χ3n) is 5.16. The van der Waals surface area contributed by atoms with Gasteiger partial charge in [0, 0.05) is 23.3 Å². The highest BCUT2D eigenvalue weighted by Gasteiger charge is 2.47. The lowest BCUT2D eigenvalue weighted by Gasteiger charge is -2.13. The lowest BCUT2D eigenvalue weighted by molar-refractivity contribution is -0.213. The average Bonchev–Trinajstić information content (AvgIpc) is 3.01. The third kappa shape index (κ3) is 12.1. The number of halogens is 17. The molecule has 0 aliphatic carbocycles. The van der Waals surface area contributed by atoms with Crippen LogP contribution in [0.4, 0.5) is 74.6 Å². The molecule has 0 fully saturated rings. The number of alkyl halides is 9. The summed E-state index contributed by atoms with van der Waals surface area (Å²) in [5, 5.41) is 33.1. The van der Waals surface area contributed by atoms with Crippen LogP contribution in [-0.4, -0.2) is 59.5 Å². The van der Waals surface area contributed by atoms with E-state index in [4.69, 9.17) is 0 Å². The van der Waals surface area contributed by atoms with Crippen LogP contribution in [0.3, 0.4) is 0 Å². The standard InChI is InChI=1S/C8H2F7NO3S.2C8H4F5NO3S/c9-3-1-2(4(10)6(12)5(3)11)7(17)16-20(18,19)8(13,14)15;9-5-2-1-4(3-6(5)10)7(15)14-18(16,17)8(11,12)13;9-4-2-1-3-5(10)6(4)7(15)14-18(16,17)8(11,12)13/h1H,(H,16,17);2*1-3H,(H,14,15)/p-3. The van der Waals surface area contributed by atoms with Crippen LogP contribution in [0, 0.1) is 46.5 Å². The largest absolute Gasteiger partial charge is 0.858 e. The summed E-state index contributed by atoms with van der Waals surface area (Å²) < 4.78 is 277. The minimum Gasteiger partial charge on any atom is -0.858 e. The van der Waals surface area contributed by atoms with Crippen LogP contribution in [0.2, 0.25) is 0 Å². The predicted octanol–water partition coefficient (Wildman–Crippen LogP) is 3.04. The van der Waals surface area contributed by atoms with Gasteiger partial charge in [-0.25, -0.2) is 35.1 Å². The van der Waals surface area contributed by atoms with Crippen molar-refractivity contribution < 1.29 is 115 Å². The van der Waals surface area contributed by atoms with E-state index >= 15 is 0 Å². The van der Waals surface area contributed by atoms with E-state index in [9.17, 15) is 115 Å². The van der Waals surface area contributed by atoms with Crippen molar-refractivity contribution in [2.24, 2.45) is 13.2 Å². The fourth-order valence-corrected chi connectivity index (χ4v) is 3.95. The van der Waals surface area contributed by atoms with E-state index in [0.717, 1.165) is 6.07 Å². The summed E-state index contributed by atoms with van der Waals surface area (Å²) >= 11 is 0. The molecule has 0 aromatic heterocycles. The van der Waals surface area contributed by atoms with Crippen molar-refractivity contribution in [2.75, 3.05) is 0 Å². The molecular formula is C24H7F17N3O9S3-3. The van der Waals surface area contributed by atoms with Crippen LogP contribution >= 0.6 is 0 Å². The molecule has 0 atom stereocenters. The molecule has 0 spiro atoms. The van der Waals surface area contributed by atoms with Crippen LogP contribution in [0.15, 0.2) is 55.7 Å². The van der Waals surface area contributed by atoms with Gasteiger partial charge < -0.3 is 15.3 Å². The van der Waals surface area contributed by atoms with Crippen LogP contribution in [0.1, 0.15) is 16.7 Å². The number of hydrogen-bond donors (Lipinski definition) is 0. The summed E-state index contributed by atoms with van der Waals surface area (Å²) in [5.41, 5.74) is -21.6. The van der Waals surface area contributed by atoms with Gasteiger partial charge in [-0.3, -0.25) is 0 Å². The zero-order valence-corrected chi connectivity index (χ0v) is 27.7. The summed E-state index contributed by atoms with van der Waals surface area (Å²) in [6, 6.07) is 2.99. The van der Waals surface area contributed by atoms with E-state index in [1.54, 1.807) is 8.80 Å². The first kappa shape index (κ1) is 48.7. The quantitative estimate of drug-likeness (QED) is 0.117. The molecule has 0 amide bonds. The van der Waals surface area contributed by atoms with Crippen LogP contribution in [0.5, 0.6) is 0 Å². The van der Waals surface area contributed by atoms with Crippen LogP contribution < -0.4 is 15.3 Å². The molecule has 0 heterocycles. The van der Waals surface area contributed by atoms with Gasteiger partial charge in [0.15, 0.2) is 34.9 Å². The SMILES string of the molecule is O=S(=O)(N=C([O-])c1c(F)cccc1F)C(F)(F)F.O=S(=O)(N=C([O-])c1cc(F)c(F)c(F)c1F)C(F)(F)F.O=S(=O)(N=C([O-])c1ccc(F)c(F)c1)C(F)(F)F. The van der Waals surface area contributed by atoms with E-state index in [1.165, 1.54) is 0 Å². The average molecular weight is 900 g/mol. The molecule has 0 saturated carbocycles. The molecule has 0 saturated heterocycles. The second-order valence-corrected chi connectivity index (χ2v) is 13.8. The predicted molar refractivity (Wildman–Crippen MR) is 144 cm³/mol. The van der Waals surface area contributed by atoms with Crippen molar-refractivity contribution in [3.8, 4) is 0 Å². The van der Waals surface area contributed by atoms with Gasteiger partial charge in [0.05, 0.1) is 5.56 Å². The first-order valence-corrected chi connectivity index (χ1v) is 16.8. The highest BCUT2D eigenvalue weighted by Crippen LogP contribution is 2.28. The molecule has 3 aromatic carbocycles. The van der Waals surface area contributed by atoms with Crippen LogP contribution in [-0.2, 0) is 30.1 Å². The van der Waals surface area contributed by atoms with E-state index in [2.05, 4.69) is 0 Å². The Morgan fingerprint density at radius 2 is 0.839 bits per heavy atom. The second kappa shape index (κ2) is 17.3. The van der Waals surface area contributed by atoms with Gasteiger partial charge in [-0.15, -0.1) is 0 Å². The molecule has 312 valence electrons. The molecule has 0 bridgehead atoms. The number of sulfonamides is 3. The summed E-state index contributed by atoms with van der Waals surface area (Å²) in [7, 11) is -18.5. The van der Waals surface area contributed by atoms with Gasteiger partial charge in [0.2, 0.25) is 0 Å². The van der Waals surface area contributed by atoms with Gasteiger partial charge in [0.25, 0.3) is 0 Å². The minimum absolute atomic E-state index is 0.243. The molecular weight excluding hydrogens is 893 g/mol. The molecule has 0 aliphatic heterocycles. The van der Waals surface area contributed by atoms with Gasteiger partial charge in [-0.2, -0.15) is 78.0 Å². The normalized spacial score (nSPS) is 13.7. The van der Waals surface area contributed by atoms with E-state index in [-0.39, 0.29) is 12.1 Å². The first-order chi connectivity index (χ1) is 25.0. The fourth-order valence-electron chi connectivity index (χ4n) is 2.69. The molecule has 12 nitrogen and oxygen atoms in total. The van der Waals surface area contributed by atoms with Gasteiger partial charge in [0.1, 0.15) is 11.6 Å². The first-order valence-electron chi connectivity index (χ1n) is 12.5. The van der Waals surface area contributed by atoms with Crippen molar-refractivity contribution in [3.05, 3.63) is 106 Å². The molecule has 32 heteroatoms. The zero-order valence-electron chi connectivity index (χ0n) is 25.2. The summed E-state index contributed by atoms with van der Waals surface area (Å²) in [6.07, 6.45) is 0. The topological polar surface area (TPSA) is 209 Å². The zero-order chi connectivity index (χ0) is 44.2. The Hall–Kier alpha value is -5.27. The Labute approximate surface area is 298 Å². The monoisotopic (exact) mass is 900 g/mol. The van der Waals surface area contributed by atoms with Crippen LogP contribution in [0.25, 0.3) is 0 Å². The molecule has 0 aliphatic rings. The Morgan fingerprint density at radius 1 is 0.446 bits per heavy atom. The van der Waals surface area contributed by atoms with Gasteiger partial charge in [-0.05, 0) is 35.9 Å². The van der Waals surface area contributed by atoms with Gasteiger partial charge >= 0.3 is 46.6 Å². The third-order valence-corrected chi connectivity index (χ3v) is 8.14. The Balaban J connectivity index is 0.000000421. The molecule has 0 unspecified atom stereocenters. The van der Waals surface area contributed by atoms with E-state index in [1.807, 2.05) is 4.40 Å². The summed E-state index contributed by atoms with van der Waals surface area (Å²) in [4.78, 5) is 0. The molecule has 3 aromatic rings. The maximum atomic E-state index is 13.0. The number of rotatable bonds is 6. The highest BCUT2D eigenvalue weighted by atomic mass is 32.2. The fraction of sp³-hybridized carbons (Fsp3) is 0.125. The molecule has 3 rings (SSSR count). The molecule has 0 N–H and O–H groups in total. The lowest BCUT2D eigenvalue weighted by atomic mass is 10.2. The Bertz CT molecular complexity index is 2380. The summed E-state index contributed by atoms with van der Waals surface area (Å²) in [6.45, 7) is 0. The van der Waals surface area contributed by atoms with Crippen molar-refractivity contribution in [2.45, 2.75) is 16.5 Å². The summed E-state index contributed by atoms with van der Waals surface area (Å²) in [5.74, 6) is -21.6. The van der Waals surface area contributed by atoms with Gasteiger partial charge in [-0.1, -0.05) is 12.1 Å². The maximum absolute atomic E-state index is 13.0. The number of nitrogens with zero attached hydrogens (tertiary/aromatic N) is 3. The Kier molecular flexibility index (Phi) is 15.0. The van der Waals surface area contributed by atoms with Crippen molar-refractivity contribution >= 4 is 47.8 Å². The van der Waals surface area contributed by atoms with Crippen molar-refractivity contribution in [1.29, 1.82) is 0 Å². The van der Waals surface area contributed by atoms with E-state index in [0.29, 0.717) is 24.3 Å². The second-order valence-electron chi connectivity index (χ2n) is 9.03. The minimum atomic E-state index is -6.33. The lowest BCUT2D eigenvalue weighted by Crippen LogP contribution is -2.28. The Morgan fingerprint density at radius 3 is 1.23 bits per heavy atom. The smallest absolute Gasteiger partial charge is 0.518 e. The molecule has 0 radical (unpaired) electrons. The van der Waals surface area contributed by atoms with Crippen molar-refractivity contribution in [1.82, 2.24) is 0 Å². The number of benzene rings is 3. The highest BCUT2D eigenvalue weighted by molar-refractivity contribution is 7.91. The number of hydrogen-bond acceptors (Lipinski definition) is 9. The van der Waals surface area contributed by atoms with E-state index < -0.39 is 128 Å². The molecule has 56 heavy (non-hydrogen) atoms.